The summed E-state index contributed by atoms with van der Waals surface area (Å²) < 4.78 is 58.6. The van der Waals surface area contributed by atoms with Crippen LogP contribution in [0.2, 0.25) is 0 Å². The van der Waals surface area contributed by atoms with Gasteiger partial charge in [-0.2, -0.15) is 8.61 Å². The van der Waals surface area contributed by atoms with Gasteiger partial charge >= 0.3 is 0 Å². The lowest BCUT2D eigenvalue weighted by molar-refractivity contribution is -0.119. The molecule has 1 aliphatic rings. The summed E-state index contributed by atoms with van der Waals surface area (Å²) in [6.45, 7) is 0.856. The van der Waals surface area contributed by atoms with Gasteiger partial charge in [-0.3, -0.25) is 4.79 Å². The minimum atomic E-state index is -3.82. The molecule has 1 atom stereocenters. The van der Waals surface area contributed by atoms with E-state index in [0.717, 1.165) is 29.8 Å². The van der Waals surface area contributed by atoms with Gasteiger partial charge in [0.1, 0.15) is 16.7 Å². The molecule has 1 saturated heterocycles. The van der Waals surface area contributed by atoms with Gasteiger partial charge in [-0.25, -0.2) is 16.8 Å². The second kappa shape index (κ2) is 10.2. The molecule has 1 aliphatic heterocycles. The number of hydrogen-bond acceptors (Lipinski definition) is 6. The van der Waals surface area contributed by atoms with Crippen LogP contribution in [0.4, 0.5) is 5.69 Å². The first-order valence-electron chi connectivity index (χ1n) is 10.5. The molecule has 1 heterocycles. The smallest absolute Gasteiger partial charge is 0.247 e. The number of piperidine rings is 1. The van der Waals surface area contributed by atoms with E-state index >= 15 is 0 Å². The fourth-order valence-electron chi connectivity index (χ4n) is 3.76. The predicted octanol–water partition coefficient (Wildman–Crippen LogP) is 2.44. The third-order valence-corrected chi connectivity index (χ3v) is 8.79. The average molecular weight is 496 g/mol. The molecule has 0 spiro atoms. The molecule has 1 N–H and O–H groups in total. The number of likely N-dealkylation sites (N-methyl/N-ethyl adjacent to an activating group) is 1. The van der Waals surface area contributed by atoms with Crippen molar-refractivity contribution in [3.05, 3.63) is 54.1 Å². The van der Waals surface area contributed by atoms with Crippen LogP contribution in [0.5, 0.6) is 5.75 Å². The van der Waals surface area contributed by atoms with E-state index in [-0.39, 0.29) is 16.3 Å². The highest BCUT2D eigenvalue weighted by Gasteiger charge is 2.32. The molecule has 3 rings (SSSR count). The van der Waals surface area contributed by atoms with Crippen molar-refractivity contribution in [1.82, 2.24) is 8.61 Å². The molecule has 1 fully saturated rings. The zero-order valence-corrected chi connectivity index (χ0v) is 20.5. The molecule has 0 aromatic heterocycles. The van der Waals surface area contributed by atoms with Crippen LogP contribution >= 0.6 is 0 Å². The van der Waals surface area contributed by atoms with Crippen molar-refractivity contribution >= 4 is 31.6 Å². The van der Waals surface area contributed by atoms with Gasteiger partial charge in [-0.1, -0.05) is 36.8 Å². The van der Waals surface area contributed by atoms with Crippen molar-refractivity contribution in [3.63, 3.8) is 0 Å². The number of hydrogen-bond donors (Lipinski definition) is 1. The summed E-state index contributed by atoms with van der Waals surface area (Å²) in [5.74, 6) is -0.438. The maximum absolute atomic E-state index is 13.2. The Morgan fingerprint density at radius 2 is 1.67 bits per heavy atom. The number of anilines is 1. The lowest BCUT2D eigenvalue weighted by atomic mass is 10.1. The zero-order valence-electron chi connectivity index (χ0n) is 18.9. The Morgan fingerprint density at radius 1 is 1.03 bits per heavy atom. The Bertz CT molecular complexity index is 1190. The van der Waals surface area contributed by atoms with Crippen LogP contribution in [0.3, 0.4) is 0 Å². The molecule has 11 heteroatoms. The van der Waals surface area contributed by atoms with Crippen molar-refractivity contribution in [1.29, 1.82) is 0 Å². The van der Waals surface area contributed by atoms with Gasteiger partial charge in [0, 0.05) is 25.8 Å². The average Bonchev–Trinajstić information content (AvgIpc) is 2.80. The number of carbonyl (C=O) groups excluding carboxylic acids is 1. The van der Waals surface area contributed by atoms with Crippen molar-refractivity contribution in [3.8, 4) is 5.75 Å². The van der Waals surface area contributed by atoms with E-state index in [4.69, 9.17) is 4.74 Å². The summed E-state index contributed by atoms with van der Waals surface area (Å²) in [6, 6.07) is 11.7. The molecule has 180 valence electrons. The summed E-state index contributed by atoms with van der Waals surface area (Å²) in [5, 5.41) is 2.68. The molecule has 0 bridgehead atoms. The number of ether oxygens (including phenoxy) is 1. The fourth-order valence-corrected chi connectivity index (χ4v) is 6.06. The molecule has 0 aliphatic carbocycles. The Balaban J connectivity index is 1.96. The lowest BCUT2D eigenvalue weighted by Gasteiger charge is -2.27. The Hall–Kier alpha value is -2.47. The number of amides is 1. The zero-order chi connectivity index (χ0) is 24.2. The number of rotatable bonds is 8. The number of carbonyl (C=O) groups is 1. The molecule has 2 aromatic rings. The van der Waals surface area contributed by atoms with Gasteiger partial charge in [-0.05, 0) is 36.6 Å². The minimum Gasteiger partial charge on any atom is -0.495 e. The second-order valence-corrected chi connectivity index (χ2v) is 11.9. The summed E-state index contributed by atoms with van der Waals surface area (Å²) >= 11 is 0. The monoisotopic (exact) mass is 495 g/mol. The van der Waals surface area contributed by atoms with Crippen molar-refractivity contribution in [2.45, 2.75) is 30.2 Å². The van der Waals surface area contributed by atoms with Crippen molar-refractivity contribution in [2.75, 3.05) is 38.8 Å². The molecular formula is C22H29N3O6S2. The number of benzene rings is 2. The third-order valence-electron chi connectivity index (χ3n) is 5.61. The van der Waals surface area contributed by atoms with E-state index in [1.54, 1.807) is 30.3 Å². The SMILES string of the molecule is COc1ccc(NC(=O)C(c2ccccc2)N(C)S(C)(=O)=O)cc1S(=O)(=O)N1CCCCC1. The molecule has 1 amide bonds. The first kappa shape index (κ1) is 25.2. The molecular weight excluding hydrogens is 466 g/mol. The number of sulfonamides is 2. The number of nitrogens with zero attached hydrogens (tertiary/aromatic N) is 2. The minimum absolute atomic E-state index is 0.0440. The van der Waals surface area contributed by atoms with Crippen molar-refractivity contribution < 1.29 is 26.4 Å². The van der Waals surface area contributed by atoms with Gasteiger partial charge in [0.25, 0.3) is 0 Å². The van der Waals surface area contributed by atoms with Crippen LogP contribution in [0.25, 0.3) is 0 Å². The highest BCUT2D eigenvalue weighted by Crippen LogP contribution is 2.32. The summed E-state index contributed by atoms with van der Waals surface area (Å²) in [4.78, 5) is 13.2. The standard InChI is InChI=1S/C22H29N3O6S2/c1-24(32(3,27)28)21(17-10-6-4-7-11-17)22(26)23-18-12-13-19(31-2)20(16-18)33(29,30)25-14-8-5-9-15-25/h4,6-7,10-13,16,21H,5,8-9,14-15H2,1-3H3,(H,23,26). The fraction of sp³-hybridized carbons (Fsp3) is 0.409. The van der Waals surface area contributed by atoms with Crippen molar-refractivity contribution in [2.24, 2.45) is 0 Å². The highest BCUT2D eigenvalue weighted by atomic mass is 32.2. The Kier molecular flexibility index (Phi) is 7.78. The van der Waals surface area contributed by atoms with Gasteiger partial charge in [0.05, 0.1) is 13.4 Å². The molecule has 0 radical (unpaired) electrons. The van der Waals surface area contributed by atoms with E-state index in [2.05, 4.69) is 5.32 Å². The Labute approximate surface area is 195 Å². The van der Waals surface area contributed by atoms with Gasteiger partial charge in [0.15, 0.2) is 0 Å². The maximum atomic E-state index is 13.2. The number of methoxy groups -OCH3 is 1. The normalized spacial score (nSPS) is 16.4. The lowest BCUT2D eigenvalue weighted by Crippen LogP contribution is -2.38. The third kappa shape index (κ3) is 5.72. The first-order valence-corrected chi connectivity index (χ1v) is 13.8. The maximum Gasteiger partial charge on any atom is 0.247 e. The largest absolute Gasteiger partial charge is 0.495 e. The van der Waals surface area contributed by atoms with Crippen LogP contribution in [0.1, 0.15) is 30.9 Å². The van der Waals surface area contributed by atoms with Gasteiger partial charge in [0.2, 0.25) is 26.0 Å². The summed E-state index contributed by atoms with van der Waals surface area (Å²) in [5.41, 5.74) is 0.705. The van der Waals surface area contributed by atoms with E-state index in [0.29, 0.717) is 18.7 Å². The van der Waals surface area contributed by atoms with Gasteiger partial charge in [-0.15, -0.1) is 0 Å². The van der Waals surface area contributed by atoms with Crippen LogP contribution in [-0.4, -0.2) is 64.9 Å². The summed E-state index contributed by atoms with van der Waals surface area (Å²) in [7, 11) is -4.81. The second-order valence-electron chi connectivity index (χ2n) is 7.91. The molecule has 0 saturated carbocycles. The molecule has 1 unspecified atom stereocenters. The van der Waals surface area contributed by atoms with Crippen LogP contribution < -0.4 is 10.1 Å². The Morgan fingerprint density at radius 3 is 2.24 bits per heavy atom. The topological polar surface area (TPSA) is 113 Å². The molecule has 2 aromatic carbocycles. The van der Waals surface area contributed by atoms with E-state index < -0.39 is 32.0 Å². The van der Waals surface area contributed by atoms with Crippen LogP contribution in [0, 0.1) is 0 Å². The van der Waals surface area contributed by atoms with Crippen LogP contribution in [-0.2, 0) is 24.8 Å². The van der Waals surface area contributed by atoms with E-state index in [9.17, 15) is 21.6 Å². The molecule has 9 nitrogen and oxygen atoms in total. The highest BCUT2D eigenvalue weighted by molar-refractivity contribution is 7.89. The van der Waals surface area contributed by atoms with E-state index in [1.165, 1.54) is 36.7 Å². The molecule has 33 heavy (non-hydrogen) atoms. The first-order chi connectivity index (χ1) is 15.6. The predicted molar refractivity (Wildman–Crippen MR) is 126 cm³/mol. The van der Waals surface area contributed by atoms with Crippen LogP contribution in [0.15, 0.2) is 53.4 Å². The quantitative estimate of drug-likeness (QED) is 0.602. The van der Waals surface area contributed by atoms with E-state index in [1.807, 2.05) is 0 Å². The number of nitrogens with one attached hydrogen (secondary N) is 1. The summed E-state index contributed by atoms with van der Waals surface area (Å²) in [6.07, 6.45) is 3.57. The van der Waals surface area contributed by atoms with Gasteiger partial charge < -0.3 is 10.1 Å².